The molecule has 20 heavy (non-hydrogen) atoms. The summed E-state index contributed by atoms with van der Waals surface area (Å²) in [6, 6.07) is 0.984. The molecule has 5 nitrogen and oxygen atoms in total. The highest BCUT2D eigenvalue weighted by Gasteiger charge is 2.41. The first-order valence-electron chi connectivity index (χ1n) is 6.80. The van der Waals surface area contributed by atoms with Crippen LogP contribution in [0.15, 0.2) is 11.4 Å². The minimum absolute atomic E-state index is 0.0840. The van der Waals surface area contributed by atoms with Gasteiger partial charge in [0.2, 0.25) is 5.91 Å². The quantitative estimate of drug-likeness (QED) is 0.901. The molecule has 2 aliphatic heterocycles. The largest absolute Gasteiger partial charge is 0.479 e. The van der Waals surface area contributed by atoms with E-state index < -0.39 is 12.0 Å². The number of fused-ring (bicyclic) bond motifs is 1. The maximum atomic E-state index is 12.6. The van der Waals surface area contributed by atoms with Gasteiger partial charge in [0.1, 0.15) is 0 Å². The van der Waals surface area contributed by atoms with Crippen molar-refractivity contribution in [3.63, 3.8) is 0 Å². The molecule has 1 aromatic rings. The SMILES string of the molecule is CC1OCCC1C(=O)N1CCc2sccc2C1C(=O)O. The molecule has 3 unspecified atom stereocenters. The Bertz CT molecular complexity index is 541. The Labute approximate surface area is 121 Å². The first-order chi connectivity index (χ1) is 9.59. The van der Waals surface area contributed by atoms with Crippen molar-refractivity contribution in [3.05, 3.63) is 21.9 Å². The van der Waals surface area contributed by atoms with Gasteiger partial charge in [-0.15, -0.1) is 11.3 Å². The lowest BCUT2D eigenvalue weighted by Crippen LogP contribution is -2.46. The lowest BCUT2D eigenvalue weighted by atomic mass is 9.95. The van der Waals surface area contributed by atoms with Crippen LogP contribution in [0.2, 0.25) is 0 Å². The highest BCUT2D eigenvalue weighted by Crippen LogP contribution is 2.35. The number of amides is 1. The Kier molecular flexibility index (Phi) is 3.52. The van der Waals surface area contributed by atoms with Gasteiger partial charge in [-0.3, -0.25) is 4.79 Å². The van der Waals surface area contributed by atoms with Gasteiger partial charge in [0.05, 0.1) is 12.0 Å². The van der Waals surface area contributed by atoms with Crippen molar-refractivity contribution < 1.29 is 19.4 Å². The van der Waals surface area contributed by atoms with Crippen LogP contribution in [0.3, 0.4) is 0 Å². The van der Waals surface area contributed by atoms with Gasteiger partial charge in [0.15, 0.2) is 6.04 Å². The number of aliphatic carboxylic acids is 1. The van der Waals surface area contributed by atoms with Gasteiger partial charge >= 0.3 is 5.97 Å². The van der Waals surface area contributed by atoms with E-state index in [4.69, 9.17) is 4.74 Å². The third-order valence-corrected chi connectivity index (χ3v) is 5.17. The van der Waals surface area contributed by atoms with Gasteiger partial charge in [-0.05, 0) is 36.8 Å². The highest BCUT2D eigenvalue weighted by molar-refractivity contribution is 7.10. The fourth-order valence-corrected chi connectivity index (χ4v) is 3.99. The van der Waals surface area contributed by atoms with E-state index in [1.807, 2.05) is 18.4 Å². The van der Waals surface area contributed by atoms with E-state index in [0.717, 1.165) is 16.9 Å². The van der Waals surface area contributed by atoms with E-state index in [1.165, 1.54) is 4.90 Å². The molecule has 0 radical (unpaired) electrons. The summed E-state index contributed by atoms with van der Waals surface area (Å²) in [5.74, 6) is -1.25. The van der Waals surface area contributed by atoms with Crippen LogP contribution in [0.1, 0.15) is 29.8 Å². The zero-order valence-electron chi connectivity index (χ0n) is 11.2. The molecule has 3 heterocycles. The monoisotopic (exact) mass is 295 g/mol. The van der Waals surface area contributed by atoms with Gasteiger partial charge in [-0.25, -0.2) is 4.79 Å². The third kappa shape index (κ3) is 2.13. The Hall–Kier alpha value is -1.40. The fraction of sp³-hybridized carbons (Fsp3) is 0.571. The summed E-state index contributed by atoms with van der Waals surface area (Å²) in [7, 11) is 0. The molecule has 0 saturated carbocycles. The summed E-state index contributed by atoms with van der Waals surface area (Å²) in [5, 5.41) is 11.4. The van der Waals surface area contributed by atoms with Crippen molar-refractivity contribution in [2.75, 3.05) is 13.2 Å². The molecular formula is C14H17NO4S. The molecule has 6 heteroatoms. The second kappa shape index (κ2) is 5.18. The second-order valence-corrected chi connectivity index (χ2v) is 6.29. The van der Waals surface area contributed by atoms with Gasteiger partial charge in [-0.1, -0.05) is 0 Å². The van der Waals surface area contributed by atoms with Gasteiger partial charge < -0.3 is 14.7 Å². The Morgan fingerprint density at radius 2 is 2.30 bits per heavy atom. The predicted octanol–water partition coefficient (Wildman–Crippen LogP) is 1.68. The second-order valence-electron chi connectivity index (χ2n) is 5.29. The van der Waals surface area contributed by atoms with Crippen LogP contribution in [0.25, 0.3) is 0 Å². The zero-order chi connectivity index (χ0) is 14.3. The molecule has 3 rings (SSSR count). The lowest BCUT2D eigenvalue weighted by molar-refractivity contribution is -0.153. The van der Waals surface area contributed by atoms with E-state index in [-0.39, 0.29) is 17.9 Å². The molecule has 1 fully saturated rings. The molecule has 1 amide bonds. The summed E-state index contributed by atoms with van der Waals surface area (Å²) in [6.07, 6.45) is 1.30. The van der Waals surface area contributed by atoms with Crippen LogP contribution in [0, 0.1) is 5.92 Å². The number of carbonyl (C=O) groups excluding carboxylic acids is 1. The van der Waals surface area contributed by atoms with Gasteiger partial charge in [0.25, 0.3) is 0 Å². The molecule has 1 aromatic heterocycles. The lowest BCUT2D eigenvalue weighted by Gasteiger charge is -2.35. The molecule has 0 bridgehead atoms. The van der Waals surface area contributed by atoms with Crippen LogP contribution >= 0.6 is 11.3 Å². The number of rotatable bonds is 2. The summed E-state index contributed by atoms with van der Waals surface area (Å²) >= 11 is 1.57. The smallest absolute Gasteiger partial charge is 0.331 e. The molecule has 1 saturated heterocycles. The van der Waals surface area contributed by atoms with Crippen LogP contribution in [-0.2, 0) is 20.7 Å². The zero-order valence-corrected chi connectivity index (χ0v) is 12.1. The van der Waals surface area contributed by atoms with Crippen molar-refractivity contribution in [2.24, 2.45) is 5.92 Å². The van der Waals surface area contributed by atoms with E-state index in [0.29, 0.717) is 19.6 Å². The molecule has 0 spiro atoms. The Morgan fingerprint density at radius 3 is 2.95 bits per heavy atom. The van der Waals surface area contributed by atoms with Crippen molar-refractivity contribution in [2.45, 2.75) is 31.9 Å². The first kappa shape index (κ1) is 13.6. The minimum Gasteiger partial charge on any atom is -0.479 e. The van der Waals surface area contributed by atoms with Crippen molar-refractivity contribution in [3.8, 4) is 0 Å². The first-order valence-corrected chi connectivity index (χ1v) is 7.68. The Morgan fingerprint density at radius 1 is 1.50 bits per heavy atom. The van der Waals surface area contributed by atoms with Crippen molar-refractivity contribution in [1.82, 2.24) is 4.90 Å². The van der Waals surface area contributed by atoms with Crippen LogP contribution in [0.5, 0.6) is 0 Å². The average molecular weight is 295 g/mol. The topological polar surface area (TPSA) is 66.8 Å². The fourth-order valence-electron chi connectivity index (χ4n) is 3.09. The average Bonchev–Trinajstić information content (AvgIpc) is 3.04. The van der Waals surface area contributed by atoms with Crippen LogP contribution < -0.4 is 0 Å². The van der Waals surface area contributed by atoms with E-state index in [9.17, 15) is 14.7 Å². The van der Waals surface area contributed by atoms with Crippen molar-refractivity contribution >= 4 is 23.2 Å². The molecule has 108 valence electrons. The van der Waals surface area contributed by atoms with E-state index in [2.05, 4.69) is 0 Å². The van der Waals surface area contributed by atoms with E-state index >= 15 is 0 Å². The summed E-state index contributed by atoms with van der Waals surface area (Å²) in [6.45, 7) is 2.94. The number of nitrogens with zero attached hydrogens (tertiary/aromatic N) is 1. The Balaban J connectivity index is 1.89. The number of ether oxygens (including phenoxy) is 1. The number of hydrogen-bond acceptors (Lipinski definition) is 4. The molecule has 2 aliphatic rings. The van der Waals surface area contributed by atoms with Crippen LogP contribution in [0.4, 0.5) is 0 Å². The molecule has 1 N–H and O–H groups in total. The third-order valence-electron chi connectivity index (χ3n) is 4.18. The standard InChI is InChI=1S/C14H17NO4S/c1-8-9(3-6-19-8)13(16)15-5-2-11-10(4-7-20-11)12(15)14(17)18/h4,7-9,12H,2-3,5-6H2,1H3,(H,17,18). The number of carbonyl (C=O) groups is 2. The number of carboxylic acid groups (broad SMARTS) is 1. The number of carboxylic acids is 1. The van der Waals surface area contributed by atoms with E-state index in [1.54, 1.807) is 11.3 Å². The summed E-state index contributed by atoms with van der Waals surface area (Å²) in [5.41, 5.74) is 0.772. The van der Waals surface area contributed by atoms with Crippen LogP contribution in [-0.4, -0.2) is 41.1 Å². The maximum absolute atomic E-state index is 12.6. The van der Waals surface area contributed by atoms with Gasteiger partial charge in [0, 0.05) is 18.0 Å². The molecular weight excluding hydrogens is 278 g/mol. The maximum Gasteiger partial charge on any atom is 0.331 e. The molecule has 3 atom stereocenters. The molecule has 0 aliphatic carbocycles. The number of thiophene rings is 1. The van der Waals surface area contributed by atoms with Crippen molar-refractivity contribution in [1.29, 1.82) is 0 Å². The normalized spacial score (nSPS) is 29.2. The summed E-state index contributed by atoms with van der Waals surface area (Å²) in [4.78, 5) is 26.9. The number of hydrogen-bond donors (Lipinski definition) is 1. The minimum atomic E-state index is -0.954. The summed E-state index contributed by atoms with van der Waals surface area (Å²) < 4.78 is 5.43. The molecule has 0 aromatic carbocycles. The van der Waals surface area contributed by atoms with Gasteiger partial charge in [-0.2, -0.15) is 0 Å². The highest BCUT2D eigenvalue weighted by atomic mass is 32.1. The predicted molar refractivity (Wildman–Crippen MR) is 73.6 cm³/mol.